The van der Waals surface area contributed by atoms with Crippen LogP contribution in [-0.4, -0.2) is 47.2 Å². The van der Waals surface area contributed by atoms with E-state index in [1.165, 1.54) is 0 Å². The molecule has 28 heavy (non-hydrogen) atoms. The normalized spacial score (nSPS) is 15.5. The number of H-pyrrole nitrogens is 1. The molecule has 0 radical (unpaired) electrons. The second-order valence-corrected chi connectivity index (χ2v) is 7.53. The Morgan fingerprint density at radius 1 is 1.04 bits per heavy atom. The van der Waals surface area contributed by atoms with Gasteiger partial charge in [0.2, 0.25) is 5.91 Å². The molecule has 1 aliphatic rings. The number of hydrogen-bond donors (Lipinski definition) is 1. The highest BCUT2D eigenvalue weighted by Gasteiger charge is 2.26. The molecule has 1 atom stereocenters. The van der Waals surface area contributed by atoms with Gasteiger partial charge in [0.25, 0.3) is 0 Å². The predicted octanol–water partition coefficient (Wildman–Crippen LogP) is 4.18. The zero-order valence-electron chi connectivity index (χ0n) is 15.8. The SMILES string of the molecule is C[C@@H](C(=O)N1CCN(c2cc(-c3ccc(Cl)cc3)[nH]n2)CC1)c1ccccc1. The fraction of sp³-hybridized carbons (Fsp3) is 0.273. The number of rotatable bonds is 4. The maximum atomic E-state index is 12.8. The second kappa shape index (κ2) is 8.07. The first-order valence-electron chi connectivity index (χ1n) is 9.52. The van der Waals surface area contributed by atoms with E-state index >= 15 is 0 Å². The zero-order chi connectivity index (χ0) is 19.5. The van der Waals surface area contributed by atoms with E-state index in [4.69, 9.17) is 11.6 Å². The van der Waals surface area contributed by atoms with Crippen LogP contribution in [-0.2, 0) is 4.79 Å². The van der Waals surface area contributed by atoms with Crippen molar-refractivity contribution in [1.82, 2.24) is 15.1 Å². The highest BCUT2D eigenvalue weighted by molar-refractivity contribution is 6.30. The largest absolute Gasteiger partial charge is 0.352 e. The topological polar surface area (TPSA) is 52.2 Å². The molecular formula is C22H23ClN4O. The molecule has 0 saturated carbocycles. The number of aromatic amines is 1. The van der Waals surface area contributed by atoms with Gasteiger partial charge in [-0.15, -0.1) is 0 Å². The molecule has 0 unspecified atom stereocenters. The summed E-state index contributed by atoms with van der Waals surface area (Å²) in [5, 5.41) is 8.27. The second-order valence-electron chi connectivity index (χ2n) is 7.09. The summed E-state index contributed by atoms with van der Waals surface area (Å²) in [7, 11) is 0. The number of carbonyl (C=O) groups is 1. The minimum atomic E-state index is -0.116. The Hall–Kier alpha value is -2.79. The Bertz CT molecular complexity index is 931. The van der Waals surface area contributed by atoms with Gasteiger partial charge in [-0.25, -0.2) is 0 Å². The molecule has 2 aromatic carbocycles. The van der Waals surface area contributed by atoms with Gasteiger partial charge >= 0.3 is 0 Å². The van der Waals surface area contributed by atoms with Gasteiger partial charge in [-0.3, -0.25) is 9.89 Å². The Kier molecular flexibility index (Phi) is 5.35. The Balaban J connectivity index is 1.38. The number of amides is 1. The van der Waals surface area contributed by atoms with Crippen LogP contribution < -0.4 is 4.90 Å². The van der Waals surface area contributed by atoms with Crippen LogP contribution in [0.4, 0.5) is 5.82 Å². The fourth-order valence-corrected chi connectivity index (χ4v) is 3.69. The zero-order valence-corrected chi connectivity index (χ0v) is 16.6. The predicted molar refractivity (Wildman–Crippen MR) is 113 cm³/mol. The van der Waals surface area contributed by atoms with E-state index in [2.05, 4.69) is 15.1 Å². The van der Waals surface area contributed by atoms with Crippen molar-refractivity contribution in [1.29, 1.82) is 0 Å². The third kappa shape index (κ3) is 3.90. The van der Waals surface area contributed by atoms with Crippen molar-refractivity contribution in [2.24, 2.45) is 0 Å². The van der Waals surface area contributed by atoms with Crippen molar-refractivity contribution in [3.05, 3.63) is 71.2 Å². The molecule has 144 valence electrons. The lowest BCUT2D eigenvalue weighted by molar-refractivity contribution is -0.132. The van der Waals surface area contributed by atoms with Gasteiger partial charge in [0.1, 0.15) is 0 Å². The van der Waals surface area contributed by atoms with E-state index < -0.39 is 0 Å². The van der Waals surface area contributed by atoms with E-state index in [9.17, 15) is 4.79 Å². The number of nitrogens with one attached hydrogen (secondary N) is 1. The van der Waals surface area contributed by atoms with Crippen molar-refractivity contribution in [2.45, 2.75) is 12.8 Å². The highest BCUT2D eigenvalue weighted by atomic mass is 35.5. The van der Waals surface area contributed by atoms with Crippen LogP contribution in [0.2, 0.25) is 5.02 Å². The first-order chi connectivity index (χ1) is 13.6. The van der Waals surface area contributed by atoms with Gasteiger partial charge in [-0.1, -0.05) is 54.1 Å². The van der Waals surface area contributed by atoms with Crippen LogP contribution in [0, 0.1) is 0 Å². The number of benzene rings is 2. The van der Waals surface area contributed by atoms with Crippen molar-refractivity contribution < 1.29 is 4.79 Å². The quantitative estimate of drug-likeness (QED) is 0.722. The number of piperazine rings is 1. The molecule has 1 aliphatic heterocycles. The maximum absolute atomic E-state index is 12.8. The van der Waals surface area contributed by atoms with Crippen LogP contribution in [0.15, 0.2) is 60.7 Å². The molecule has 5 nitrogen and oxygen atoms in total. The lowest BCUT2D eigenvalue weighted by Gasteiger charge is -2.36. The number of hydrogen-bond acceptors (Lipinski definition) is 3. The number of carbonyl (C=O) groups excluding carboxylic acids is 1. The van der Waals surface area contributed by atoms with Crippen LogP contribution in [0.25, 0.3) is 11.3 Å². The molecule has 1 saturated heterocycles. The van der Waals surface area contributed by atoms with E-state index in [1.807, 2.05) is 72.5 Å². The van der Waals surface area contributed by atoms with Crippen molar-refractivity contribution in [3.63, 3.8) is 0 Å². The third-order valence-corrected chi connectivity index (χ3v) is 5.56. The van der Waals surface area contributed by atoms with Crippen LogP contribution in [0.1, 0.15) is 18.4 Å². The van der Waals surface area contributed by atoms with Crippen molar-refractivity contribution in [2.75, 3.05) is 31.1 Å². The van der Waals surface area contributed by atoms with Crippen molar-refractivity contribution in [3.8, 4) is 11.3 Å². The molecule has 1 fully saturated rings. The molecule has 0 spiro atoms. The number of halogens is 1. The Morgan fingerprint density at radius 2 is 1.71 bits per heavy atom. The molecular weight excluding hydrogens is 372 g/mol. The molecule has 3 aromatic rings. The van der Waals surface area contributed by atoms with E-state index in [1.54, 1.807) is 0 Å². The number of anilines is 1. The minimum absolute atomic E-state index is 0.116. The third-order valence-electron chi connectivity index (χ3n) is 5.30. The molecule has 0 bridgehead atoms. The van der Waals surface area contributed by atoms with Crippen LogP contribution >= 0.6 is 11.6 Å². The summed E-state index contributed by atoms with van der Waals surface area (Å²) in [5.74, 6) is 0.984. The molecule has 2 heterocycles. The standard InChI is InChI=1S/C22H23ClN4O/c1-16(17-5-3-2-4-6-17)22(28)27-13-11-26(12-14-27)21-15-20(24-25-21)18-7-9-19(23)10-8-18/h2-10,15-16H,11-14H2,1H3,(H,24,25)/t16-/m1/s1. The average molecular weight is 395 g/mol. The summed E-state index contributed by atoms with van der Waals surface area (Å²) in [6.45, 7) is 4.95. The van der Waals surface area contributed by atoms with Gasteiger partial charge in [0.05, 0.1) is 11.6 Å². The number of nitrogens with zero attached hydrogens (tertiary/aromatic N) is 3. The van der Waals surface area contributed by atoms with E-state index in [0.717, 1.165) is 35.7 Å². The summed E-state index contributed by atoms with van der Waals surface area (Å²) in [5.41, 5.74) is 3.08. The smallest absolute Gasteiger partial charge is 0.229 e. The summed E-state index contributed by atoms with van der Waals surface area (Å²) < 4.78 is 0. The van der Waals surface area contributed by atoms with Gasteiger partial charge in [0, 0.05) is 37.3 Å². The first-order valence-corrected chi connectivity index (χ1v) is 9.89. The van der Waals surface area contributed by atoms with Gasteiger partial charge in [-0.05, 0) is 30.2 Å². The maximum Gasteiger partial charge on any atom is 0.229 e. The molecule has 1 amide bonds. The van der Waals surface area contributed by atoms with Gasteiger partial charge in [0.15, 0.2) is 5.82 Å². The van der Waals surface area contributed by atoms with Crippen molar-refractivity contribution >= 4 is 23.3 Å². The Labute approximate surface area is 169 Å². The van der Waals surface area contributed by atoms with Gasteiger partial charge < -0.3 is 9.80 Å². The number of aromatic nitrogens is 2. The first kappa shape index (κ1) is 18.6. The molecule has 0 aliphatic carbocycles. The summed E-state index contributed by atoms with van der Waals surface area (Å²) >= 11 is 5.96. The lowest BCUT2D eigenvalue weighted by atomic mass is 9.99. The van der Waals surface area contributed by atoms with E-state index in [-0.39, 0.29) is 11.8 Å². The average Bonchev–Trinajstić information content (AvgIpc) is 3.24. The molecule has 1 N–H and O–H groups in total. The van der Waals surface area contributed by atoms with E-state index in [0.29, 0.717) is 18.1 Å². The summed E-state index contributed by atoms with van der Waals surface area (Å²) in [4.78, 5) is 17.0. The minimum Gasteiger partial charge on any atom is -0.352 e. The lowest BCUT2D eigenvalue weighted by Crippen LogP contribution is -2.50. The van der Waals surface area contributed by atoms with Crippen LogP contribution in [0.3, 0.4) is 0 Å². The summed E-state index contributed by atoms with van der Waals surface area (Å²) in [6.07, 6.45) is 0. The molecule has 4 rings (SSSR count). The molecule has 1 aromatic heterocycles. The van der Waals surface area contributed by atoms with Gasteiger partial charge in [-0.2, -0.15) is 5.10 Å². The Morgan fingerprint density at radius 3 is 2.39 bits per heavy atom. The fourth-order valence-electron chi connectivity index (χ4n) is 3.56. The van der Waals surface area contributed by atoms with Crippen LogP contribution in [0.5, 0.6) is 0 Å². The monoisotopic (exact) mass is 394 g/mol. The molecule has 6 heteroatoms. The highest BCUT2D eigenvalue weighted by Crippen LogP contribution is 2.25. The summed E-state index contributed by atoms with van der Waals surface area (Å²) in [6, 6.07) is 19.7.